The summed E-state index contributed by atoms with van der Waals surface area (Å²) in [5, 5.41) is 9.91. The monoisotopic (exact) mass is 423 g/mol. The Morgan fingerprint density at radius 2 is 1.97 bits per heavy atom. The number of aliphatic hydroxyl groups is 1. The predicted molar refractivity (Wildman–Crippen MR) is 120 cm³/mol. The van der Waals surface area contributed by atoms with E-state index < -0.39 is 5.25 Å². The summed E-state index contributed by atoms with van der Waals surface area (Å²) in [6.45, 7) is 2.91. The minimum absolute atomic E-state index is 0.0115. The molecule has 7 heteroatoms. The molecule has 30 heavy (non-hydrogen) atoms. The SMILES string of the molecule is C[C@H](Sc1nc2ccccc2c(=O)n1CCCO)C(=O)N1CCCc2ccccc21. The Kier molecular flexibility index (Phi) is 6.20. The summed E-state index contributed by atoms with van der Waals surface area (Å²) >= 11 is 1.31. The zero-order valence-electron chi connectivity index (χ0n) is 17.0. The second kappa shape index (κ2) is 9.02. The number of carbonyl (C=O) groups is 1. The van der Waals surface area contributed by atoms with Gasteiger partial charge in [-0.15, -0.1) is 0 Å². The van der Waals surface area contributed by atoms with Crippen LogP contribution < -0.4 is 10.5 Å². The van der Waals surface area contributed by atoms with E-state index in [0.29, 0.717) is 35.6 Å². The third kappa shape index (κ3) is 4.00. The Labute approximate surface area is 179 Å². The average molecular weight is 424 g/mol. The largest absolute Gasteiger partial charge is 0.396 e. The van der Waals surface area contributed by atoms with Gasteiger partial charge >= 0.3 is 0 Å². The van der Waals surface area contributed by atoms with Crippen molar-refractivity contribution in [3.05, 3.63) is 64.4 Å². The topological polar surface area (TPSA) is 75.4 Å². The lowest BCUT2D eigenvalue weighted by Crippen LogP contribution is -2.40. The van der Waals surface area contributed by atoms with Crippen molar-refractivity contribution in [1.82, 2.24) is 9.55 Å². The van der Waals surface area contributed by atoms with E-state index in [4.69, 9.17) is 0 Å². The normalized spacial score (nSPS) is 14.5. The quantitative estimate of drug-likeness (QED) is 0.487. The number of amides is 1. The fourth-order valence-electron chi connectivity index (χ4n) is 3.85. The second-order valence-electron chi connectivity index (χ2n) is 7.43. The van der Waals surface area contributed by atoms with E-state index in [-0.39, 0.29) is 18.1 Å². The highest BCUT2D eigenvalue weighted by molar-refractivity contribution is 8.00. The Hall–Kier alpha value is -2.64. The van der Waals surface area contributed by atoms with Crippen molar-refractivity contribution in [2.24, 2.45) is 0 Å². The highest BCUT2D eigenvalue weighted by Gasteiger charge is 2.28. The number of anilines is 1. The van der Waals surface area contributed by atoms with Crippen LogP contribution in [0.15, 0.2) is 58.5 Å². The molecule has 0 saturated carbocycles. The number of aliphatic hydroxyl groups excluding tert-OH is 1. The third-order valence-corrected chi connectivity index (χ3v) is 6.45. The van der Waals surface area contributed by atoms with Crippen LogP contribution in [0.2, 0.25) is 0 Å². The summed E-state index contributed by atoms with van der Waals surface area (Å²) in [5.74, 6) is 0.0169. The van der Waals surface area contributed by atoms with Gasteiger partial charge in [0.05, 0.1) is 16.2 Å². The van der Waals surface area contributed by atoms with Gasteiger partial charge in [0, 0.05) is 25.4 Å². The molecule has 3 aromatic rings. The Morgan fingerprint density at radius 3 is 2.80 bits per heavy atom. The molecule has 0 saturated heterocycles. The molecule has 156 valence electrons. The van der Waals surface area contributed by atoms with Gasteiger partial charge in [0.1, 0.15) is 0 Å². The van der Waals surface area contributed by atoms with Crippen LogP contribution in [-0.2, 0) is 17.8 Å². The number of aromatic nitrogens is 2. The maximum atomic E-state index is 13.3. The molecule has 4 rings (SSSR count). The molecule has 0 fully saturated rings. The van der Waals surface area contributed by atoms with Gasteiger partial charge in [0.2, 0.25) is 5.91 Å². The van der Waals surface area contributed by atoms with Crippen molar-refractivity contribution in [2.45, 2.75) is 43.1 Å². The number of rotatable bonds is 6. The van der Waals surface area contributed by atoms with Gasteiger partial charge in [-0.1, -0.05) is 42.1 Å². The minimum Gasteiger partial charge on any atom is -0.396 e. The molecule has 2 heterocycles. The van der Waals surface area contributed by atoms with Gasteiger partial charge in [-0.3, -0.25) is 14.2 Å². The molecule has 0 spiro atoms. The number of fused-ring (bicyclic) bond motifs is 2. The fourth-order valence-corrected chi connectivity index (χ4v) is 4.85. The Balaban J connectivity index is 1.65. The Bertz CT molecular complexity index is 1130. The van der Waals surface area contributed by atoms with Crippen LogP contribution >= 0.6 is 11.8 Å². The van der Waals surface area contributed by atoms with Crippen molar-refractivity contribution in [3.8, 4) is 0 Å². The number of hydrogen-bond acceptors (Lipinski definition) is 5. The molecule has 1 aliphatic heterocycles. The van der Waals surface area contributed by atoms with E-state index in [1.54, 1.807) is 10.6 Å². The van der Waals surface area contributed by atoms with Gasteiger partial charge in [0.15, 0.2) is 5.16 Å². The van der Waals surface area contributed by atoms with Gasteiger partial charge in [0.25, 0.3) is 5.56 Å². The summed E-state index contributed by atoms with van der Waals surface area (Å²) in [4.78, 5) is 32.8. The first-order valence-electron chi connectivity index (χ1n) is 10.3. The summed E-state index contributed by atoms with van der Waals surface area (Å²) in [7, 11) is 0. The van der Waals surface area contributed by atoms with Gasteiger partial charge in [-0.25, -0.2) is 4.98 Å². The molecule has 1 aliphatic rings. The van der Waals surface area contributed by atoms with E-state index in [1.165, 1.54) is 17.3 Å². The first kappa shape index (κ1) is 20.6. The lowest BCUT2D eigenvalue weighted by Gasteiger charge is -2.31. The number of benzene rings is 2. The van der Waals surface area contributed by atoms with Gasteiger partial charge < -0.3 is 10.0 Å². The molecule has 1 amide bonds. The molecule has 1 aromatic heterocycles. The lowest BCUT2D eigenvalue weighted by atomic mass is 10.0. The van der Waals surface area contributed by atoms with E-state index in [0.717, 1.165) is 18.5 Å². The van der Waals surface area contributed by atoms with Crippen molar-refractivity contribution in [1.29, 1.82) is 0 Å². The van der Waals surface area contributed by atoms with Crippen LogP contribution in [0.5, 0.6) is 0 Å². The zero-order valence-corrected chi connectivity index (χ0v) is 17.8. The van der Waals surface area contributed by atoms with E-state index in [2.05, 4.69) is 11.1 Å². The molecule has 0 radical (unpaired) electrons. The first-order valence-corrected chi connectivity index (χ1v) is 11.1. The molecule has 0 unspecified atom stereocenters. The molecule has 0 bridgehead atoms. The fraction of sp³-hybridized carbons (Fsp3) is 0.348. The maximum absolute atomic E-state index is 13.3. The molecular weight excluding hydrogens is 398 g/mol. The van der Waals surface area contributed by atoms with E-state index in [1.807, 2.05) is 48.2 Å². The summed E-state index contributed by atoms with van der Waals surface area (Å²) in [5.41, 5.74) is 2.65. The molecule has 6 nitrogen and oxygen atoms in total. The number of aryl methyl sites for hydroxylation is 1. The van der Waals surface area contributed by atoms with Crippen LogP contribution in [0.4, 0.5) is 5.69 Å². The van der Waals surface area contributed by atoms with Crippen LogP contribution in [0, 0.1) is 0 Å². The molecule has 1 N–H and O–H groups in total. The average Bonchev–Trinajstić information content (AvgIpc) is 2.78. The standard InChI is InChI=1S/C23H25N3O3S/c1-16(21(28)25-13-6-9-17-8-2-5-12-20(17)25)30-23-24-19-11-4-3-10-18(19)22(29)26(23)14-7-15-27/h2-5,8,10-12,16,27H,6-7,9,13-15H2,1H3/t16-/m0/s1. The van der Waals surface area contributed by atoms with Crippen molar-refractivity contribution < 1.29 is 9.90 Å². The van der Waals surface area contributed by atoms with Gasteiger partial charge in [-0.05, 0) is 49.9 Å². The van der Waals surface area contributed by atoms with Crippen molar-refractivity contribution in [3.63, 3.8) is 0 Å². The first-order chi connectivity index (χ1) is 14.6. The van der Waals surface area contributed by atoms with Crippen LogP contribution in [0.25, 0.3) is 10.9 Å². The third-order valence-electron chi connectivity index (χ3n) is 5.37. The molecule has 0 aliphatic carbocycles. The number of hydrogen-bond donors (Lipinski definition) is 1. The Morgan fingerprint density at radius 1 is 1.20 bits per heavy atom. The van der Waals surface area contributed by atoms with E-state index in [9.17, 15) is 14.7 Å². The van der Waals surface area contributed by atoms with Gasteiger partial charge in [-0.2, -0.15) is 0 Å². The van der Waals surface area contributed by atoms with Crippen molar-refractivity contribution >= 4 is 34.3 Å². The predicted octanol–water partition coefficient (Wildman–Crippen LogP) is 3.24. The van der Waals surface area contributed by atoms with Crippen LogP contribution in [0.1, 0.15) is 25.3 Å². The van der Waals surface area contributed by atoms with E-state index >= 15 is 0 Å². The summed E-state index contributed by atoms with van der Waals surface area (Å²) in [6, 6.07) is 15.3. The number of nitrogens with zero attached hydrogens (tertiary/aromatic N) is 3. The molecule has 2 aromatic carbocycles. The maximum Gasteiger partial charge on any atom is 0.262 e. The molecular formula is C23H25N3O3S. The highest BCUT2D eigenvalue weighted by Crippen LogP contribution is 2.30. The van der Waals surface area contributed by atoms with Crippen LogP contribution in [0.3, 0.4) is 0 Å². The van der Waals surface area contributed by atoms with Crippen molar-refractivity contribution in [2.75, 3.05) is 18.1 Å². The summed E-state index contributed by atoms with van der Waals surface area (Å²) < 4.78 is 1.58. The minimum atomic E-state index is -0.399. The highest BCUT2D eigenvalue weighted by atomic mass is 32.2. The zero-order chi connectivity index (χ0) is 21.1. The lowest BCUT2D eigenvalue weighted by molar-refractivity contribution is -0.117. The van der Waals surface area contributed by atoms with Crippen LogP contribution in [-0.4, -0.2) is 39.0 Å². The second-order valence-corrected chi connectivity index (χ2v) is 8.74. The smallest absolute Gasteiger partial charge is 0.262 e. The number of carbonyl (C=O) groups excluding carboxylic acids is 1. The number of para-hydroxylation sites is 2. The number of thioether (sulfide) groups is 1. The summed E-state index contributed by atoms with van der Waals surface area (Å²) in [6.07, 6.45) is 2.37. The molecule has 1 atom stereocenters.